The van der Waals surface area contributed by atoms with Crippen LogP contribution in [0.2, 0.25) is 0 Å². The molecule has 0 aliphatic carbocycles. The van der Waals surface area contributed by atoms with Crippen LogP contribution in [0.25, 0.3) is 0 Å². The first-order valence-corrected chi connectivity index (χ1v) is 6.70. The van der Waals surface area contributed by atoms with Gasteiger partial charge in [-0.3, -0.25) is 4.79 Å². The van der Waals surface area contributed by atoms with Crippen molar-refractivity contribution in [2.24, 2.45) is 0 Å². The lowest BCUT2D eigenvalue weighted by Gasteiger charge is -2.41. The Balaban J connectivity index is 2.89. The number of hydrogen-bond donors (Lipinski definition) is 7. The van der Waals surface area contributed by atoms with E-state index in [1.165, 1.54) is 6.92 Å². The van der Waals surface area contributed by atoms with Crippen molar-refractivity contribution < 1.29 is 50.0 Å². The Hall–Kier alpha value is -0.690. The summed E-state index contributed by atoms with van der Waals surface area (Å²) in [5, 5.41) is 66.0. The molecule has 0 aromatic heterocycles. The molecule has 0 aromatic carbocycles. The van der Waals surface area contributed by atoms with Crippen LogP contribution in [0, 0.1) is 0 Å². The van der Waals surface area contributed by atoms with E-state index in [0.717, 1.165) is 0 Å². The van der Waals surface area contributed by atoms with Gasteiger partial charge >= 0.3 is 0 Å². The van der Waals surface area contributed by atoms with Crippen LogP contribution >= 0.6 is 0 Å². The van der Waals surface area contributed by atoms with Gasteiger partial charge in [0.05, 0.1) is 12.7 Å². The van der Waals surface area contributed by atoms with Gasteiger partial charge < -0.3 is 45.2 Å². The summed E-state index contributed by atoms with van der Waals surface area (Å²) < 4.78 is 10.1. The highest BCUT2D eigenvalue weighted by atomic mass is 16.7. The average molecular weight is 326 g/mol. The highest BCUT2D eigenvalue weighted by Gasteiger charge is 2.46. The van der Waals surface area contributed by atoms with Gasteiger partial charge in [-0.15, -0.1) is 0 Å². The van der Waals surface area contributed by atoms with E-state index in [4.69, 9.17) is 19.7 Å². The molecule has 7 N–H and O–H groups in total. The Morgan fingerprint density at radius 3 is 2.18 bits per heavy atom. The molecule has 0 saturated carbocycles. The van der Waals surface area contributed by atoms with Crippen LogP contribution in [0.3, 0.4) is 0 Å². The smallest absolute Gasteiger partial charge is 0.189 e. The molecule has 0 amide bonds. The Morgan fingerprint density at radius 1 is 1.14 bits per heavy atom. The molecule has 1 rings (SSSR count). The van der Waals surface area contributed by atoms with Gasteiger partial charge in [0.2, 0.25) is 0 Å². The fraction of sp³-hybridized carbons (Fsp3) is 0.917. The van der Waals surface area contributed by atoms with Crippen LogP contribution in [0.4, 0.5) is 0 Å². The van der Waals surface area contributed by atoms with Gasteiger partial charge in [-0.05, 0) is 6.92 Å². The minimum atomic E-state index is -1.77. The monoisotopic (exact) mass is 326 g/mol. The minimum Gasteiger partial charge on any atom is -0.394 e. The second kappa shape index (κ2) is 8.24. The predicted molar refractivity (Wildman–Crippen MR) is 68.4 cm³/mol. The van der Waals surface area contributed by atoms with E-state index >= 15 is 0 Å². The number of ketones is 1. The molecule has 10 heteroatoms. The summed E-state index contributed by atoms with van der Waals surface area (Å²) in [4.78, 5) is 11.6. The van der Waals surface area contributed by atoms with Crippen LogP contribution in [-0.2, 0) is 14.3 Å². The molecule has 0 radical (unpaired) electrons. The van der Waals surface area contributed by atoms with Gasteiger partial charge in [-0.2, -0.15) is 0 Å². The van der Waals surface area contributed by atoms with Gasteiger partial charge in [0.1, 0.15) is 43.2 Å². The molecule has 1 saturated heterocycles. The molecule has 8 atom stereocenters. The third-order valence-electron chi connectivity index (χ3n) is 3.41. The Kier molecular flexibility index (Phi) is 7.25. The van der Waals surface area contributed by atoms with Crippen LogP contribution in [0.5, 0.6) is 0 Å². The van der Waals surface area contributed by atoms with Gasteiger partial charge in [-0.1, -0.05) is 0 Å². The zero-order valence-corrected chi connectivity index (χ0v) is 11.9. The van der Waals surface area contributed by atoms with Gasteiger partial charge in [0.25, 0.3) is 0 Å². The fourth-order valence-electron chi connectivity index (χ4n) is 2.01. The van der Waals surface area contributed by atoms with Crippen LogP contribution in [0.1, 0.15) is 6.92 Å². The predicted octanol–water partition coefficient (Wildman–Crippen LogP) is -4.53. The first-order valence-electron chi connectivity index (χ1n) is 6.70. The first-order chi connectivity index (χ1) is 10.2. The second-order valence-electron chi connectivity index (χ2n) is 5.11. The second-order valence-corrected chi connectivity index (χ2v) is 5.11. The summed E-state index contributed by atoms with van der Waals surface area (Å²) in [6.07, 6.45) is -12.8. The first kappa shape index (κ1) is 19.4. The van der Waals surface area contributed by atoms with Gasteiger partial charge in [0.15, 0.2) is 12.1 Å². The van der Waals surface area contributed by atoms with E-state index in [1.807, 2.05) is 0 Å². The van der Waals surface area contributed by atoms with Gasteiger partial charge in [0, 0.05) is 0 Å². The Morgan fingerprint density at radius 2 is 1.73 bits per heavy atom. The SMILES string of the molecule is C[C@H](O)[C@H](O)[C@@H](O[C@H]1O[C@H](CO)[C@@H](O)[C@H](O)[C@H]1O)C(=O)CO. The molecule has 1 fully saturated rings. The zero-order chi connectivity index (χ0) is 17.0. The molecule has 0 spiro atoms. The summed E-state index contributed by atoms with van der Waals surface area (Å²) in [5.41, 5.74) is 0. The molecule has 1 aliphatic rings. The van der Waals surface area contributed by atoms with Gasteiger partial charge in [-0.25, -0.2) is 0 Å². The molecular weight excluding hydrogens is 304 g/mol. The van der Waals surface area contributed by atoms with Crippen molar-refractivity contribution in [3.8, 4) is 0 Å². The summed E-state index contributed by atoms with van der Waals surface area (Å²) in [5.74, 6) is -0.981. The number of hydrogen-bond acceptors (Lipinski definition) is 10. The maximum absolute atomic E-state index is 11.6. The number of rotatable bonds is 7. The highest BCUT2D eigenvalue weighted by Crippen LogP contribution is 2.24. The summed E-state index contributed by atoms with van der Waals surface area (Å²) >= 11 is 0. The summed E-state index contributed by atoms with van der Waals surface area (Å²) in [7, 11) is 0. The fourth-order valence-corrected chi connectivity index (χ4v) is 2.01. The number of aliphatic hydroxyl groups excluding tert-OH is 7. The normalized spacial score (nSPS) is 36.6. The molecule has 22 heavy (non-hydrogen) atoms. The zero-order valence-electron chi connectivity index (χ0n) is 11.9. The molecule has 1 aliphatic heterocycles. The largest absolute Gasteiger partial charge is 0.394 e. The summed E-state index contributed by atoms with van der Waals surface area (Å²) in [6.45, 7) is -0.507. The third-order valence-corrected chi connectivity index (χ3v) is 3.41. The van der Waals surface area contributed by atoms with E-state index in [0.29, 0.717) is 0 Å². The van der Waals surface area contributed by atoms with Crippen molar-refractivity contribution in [2.75, 3.05) is 13.2 Å². The third kappa shape index (κ3) is 4.19. The number of ether oxygens (including phenoxy) is 2. The maximum atomic E-state index is 11.6. The van der Waals surface area contributed by atoms with Crippen molar-refractivity contribution in [2.45, 2.75) is 55.9 Å². The standard InChI is InChI=1S/C12H22O10/c1-4(15)7(17)11(5(16)2-13)22-12-10(20)9(19)8(18)6(3-14)21-12/h4,6-15,17-20H,2-3H2,1H3/t4-,6+,7-,8+,9-,10+,11-,12+/m0/s1. The molecule has 1 heterocycles. The lowest BCUT2D eigenvalue weighted by molar-refractivity contribution is -0.315. The molecule has 0 bridgehead atoms. The molecule has 10 nitrogen and oxygen atoms in total. The van der Waals surface area contributed by atoms with Crippen LogP contribution in [0.15, 0.2) is 0 Å². The van der Waals surface area contributed by atoms with Crippen molar-refractivity contribution in [3.05, 3.63) is 0 Å². The molecule has 0 aromatic rings. The van der Waals surface area contributed by atoms with Crippen LogP contribution < -0.4 is 0 Å². The molecule has 0 unspecified atom stereocenters. The minimum absolute atomic E-state index is 0.692. The quantitative estimate of drug-likeness (QED) is 0.241. The Labute approximate surface area is 126 Å². The topological polar surface area (TPSA) is 177 Å². The lowest BCUT2D eigenvalue weighted by Crippen LogP contribution is -2.61. The number of carbonyl (C=O) groups excluding carboxylic acids is 1. The van der Waals surface area contributed by atoms with Crippen molar-refractivity contribution in [1.82, 2.24) is 0 Å². The van der Waals surface area contributed by atoms with E-state index in [2.05, 4.69) is 0 Å². The van der Waals surface area contributed by atoms with E-state index < -0.39 is 68.0 Å². The lowest BCUT2D eigenvalue weighted by atomic mass is 9.99. The molecule has 130 valence electrons. The van der Waals surface area contributed by atoms with Crippen LogP contribution in [-0.4, -0.2) is 104 Å². The number of carbonyl (C=O) groups is 1. The number of aliphatic hydroxyl groups is 7. The molecular formula is C12H22O10. The van der Waals surface area contributed by atoms with E-state index in [1.54, 1.807) is 0 Å². The Bertz CT molecular complexity index is 360. The maximum Gasteiger partial charge on any atom is 0.189 e. The summed E-state index contributed by atoms with van der Waals surface area (Å²) in [6, 6.07) is 0. The van der Waals surface area contributed by atoms with Crippen molar-refractivity contribution in [1.29, 1.82) is 0 Å². The average Bonchev–Trinajstić information content (AvgIpc) is 2.50. The van der Waals surface area contributed by atoms with E-state index in [-0.39, 0.29) is 0 Å². The number of Topliss-reactive ketones (excluding diaryl/α,β-unsaturated/α-hetero) is 1. The highest BCUT2D eigenvalue weighted by molar-refractivity contribution is 5.84. The van der Waals surface area contributed by atoms with Crippen molar-refractivity contribution >= 4 is 5.78 Å². The van der Waals surface area contributed by atoms with E-state index in [9.17, 15) is 30.3 Å². The van der Waals surface area contributed by atoms with Crippen molar-refractivity contribution in [3.63, 3.8) is 0 Å².